The third-order valence-corrected chi connectivity index (χ3v) is 10.8. The average Bonchev–Trinajstić information content (AvgIpc) is 1.82. The lowest BCUT2D eigenvalue weighted by molar-refractivity contribution is -0.144. The number of hydrogen-bond donors (Lipinski definition) is 32. The summed E-state index contributed by atoms with van der Waals surface area (Å²) in [6.07, 6.45) is 6.57. The number of carbonyl (C=O) groups is 14. The molecule has 48 heteroatoms. The van der Waals surface area contributed by atoms with Crippen molar-refractivity contribution >= 4 is 95.5 Å². The number of aliphatic hydroxyl groups is 1. The molecule has 0 bridgehead atoms. The van der Waals surface area contributed by atoms with Crippen LogP contribution in [0.15, 0.2) is 9.98 Å². The second-order valence-corrected chi connectivity index (χ2v) is 19.7. The predicted octanol–water partition coefficient (Wildman–Crippen LogP) is -9.99. The van der Waals surface area contributed by atoms with Crippen LogP contribution in [0.2, 0.25) is 0 Å². The van der Waals surface area contributed by atoms with Crippen LogP contribution in [0.4, 0.5) is 0 Å². The van der Waals surface area contributed by atoms with Gasteiger partial charge in [0.1, 0.15) is 54.4 Å². The quantitative estimate of drug-likeness (QED) is 0.0217. The summed E-state index contributed by atoms with van der Waals surface area (Å²) in [5, 5.41) is 130. The molecule has 0 radical (unpaired) electrons. The second kappa shape index (κ2) is 73.8. The van der Waals surface area contributed by atoms with Gasteiger partial charge in [-0.05, 0) is 104 Å². The van der Waals surface area contributed by atoms with Crippen LogP contribution in [0.3, 0.4) is 0 Å². The summed E-state index contributed by atoms with van der Waals surface area (Å²) >= 11 is 0. The lowest BCUT2D eigenvalue weighted by Crippen LogP contribution is -2.39. The molecule has 46 N–H and O–H groups in total. The van der Waals surface area contributed by atoms with Crippen LogP contribution in [0, 0.1) is 5.92 Å². The van der Waals surface area contributed by atoms with Crippen LogP contribution in [-0.4, -0.2) is 291 Å². The number of aliphatic hydroxyl groups excluding tert-OH is 1. The zero-order chi connectivity index (χ0) is 81.0. The van der Waals surface area contributed by atoms with E-state index in [0.717, 1.165) is 64.6 Å². The summed E-state index contributed by atoms with van der Waals surface area (Å²) in [5.41, 5.74) is 68.8. The largest absolute Gasteiger partial charge is 0.481 e. The number of guanidine groups is 2. The number of rotatable bonds is 26. The summed E-state index contributed by atoms with van der Waals surface area (Å²) in [7, 11) is 0. The Morgan fingerprint density at radius 2 is 0.640 bits per heavy atom. The van der Waals surface area contributed by atoms with Gasteiger partial charge in [-0.25, -0.2) is 0 Å². The summed E-state index contributed by atoms with van der Waals surface area (Å²) in [5.74, 6) is -13.5. The lowest BCUT2D eigenvalue weighted by atomic mass is 10.0. The molecule has 0 unspecified atom stereocenters. The first kappa shape index (κ1) is 112. The van der Waals surface area contributed by atoms with Gasteiger partial charge in [0.2, 0.25) is 0 Å². The fourth-order valence-electron chi connectivity index (χ4n) is 4.95. The third kappa shape index (κ3) is 97.2. The Bertz CT molecular complexity index is 2160. The fraction of sp³-hybridized carbons (Fsp3) is 0.692. The molecule has 3 aliphatic heterocycles. The molecule has 100 heavy (non-hydrogen) atoms. The predicted molar refractivity (Wildman–Crippen MR) is 355 cm³/mol. The lowest BCUT2D eigenvalue weighted by Gasteiger charge is -2.11. The van der Waals surface area contributed by atoms with Crippen LogP contribution in [0.5, 0.6) is 0 Å². The molecule has 0 aromatic heterocycles. The van der Waals surface area contributed by atoms with Crippen molar-refractivity contribution in [1.29, 1.82) is 0 Å². The maximum atomic E-state index is 10.2. The van der Waals surface area contributed by atoms with Crippen LogP contribution in [0.1, 0.15) is 105 Å². The highest BCUT2D eigenvalue weighted by Gasteiger charge is 2.23. The van der Waals surface area contributed by atoms with Crippen molar-refractivity contribution in [1.82, 2.24) is 16.0 Å². The third-order valence-electron chi connectivity index (χ3n) is 10.8. The van der Waals surface area contributed by atoms with E-state index in [-0.39, 0.29) is 62.1 Å². The fourth-order valence-corrected chi connectivity index (χ4v) is 4.95. The van der Waals surface area contributed by atoms with Crippen LogP contribution >= 0.6 is 0 Å². The van der Waals surface area contributed by atoms with E-state index in [0.29, 0.717) is 38.8 Å². The summed E-state index contributed by atoms with van der Waals surface area (Å²) in [4.78, 5) is 144. The number of carboxylic acids is 14. The van der Waals surface area contributed by atoms with Crippen LogP contribution < -0.4 is 96.2 Å². The van der Waals surface area contributed by atoms with E-state index >= 15 is 0 Å². The van der Waals surface area contributed by atoms with Gasteiger partial charge < -0.3 is 173 Å². The summed E-state index contributed by atoms with van der Waals surface area (Å²) in [6.45, 7) is 8.81. The molecule has 0 aromatic rings. The van der Waals surface area contributed by atoms with Gasteiger partial charge in [-0.2, -0.15) is 0 Å². The smallest absolute Gasteiger partial charge is 0.323 e. The van der Waals surface area contributed by atoms with Gasteiger partial charge in [0.25, 0.3) is 0 Å². The van der Waals surface area contributed by atoms with Gasteiger partial charge in [-0.1, -0.05) is 20.3 Å². The van der Waals surface area contributed by atoms with E-state index in [2.05, 4.69) is 48.9 Å². The zero-order valence-electron chi connectivity index (χ0n) is 56.1. The first-order valence-electron chi connectivity index (χ1n) is 29.4. The highest BCUT2D eigenvalue weighted by atomic mass is 16.4. The highest BCUT2D eigenvalue weighted by molar-refractivity contribution is 5.80. The molecule has 3 saturated heterocycles. The number of hydrogen-bond acceptors (Lipinski definition) is 30. The SMILES string of the molecule is CC[C@H](C)[C@H](N)C(=O)O.C[C@@H](O)[C@H](N)C(=O)O.C[C@H](N)C(=O)O.NC(N)=NCCC[C@H](N)C(=O)O.NC(N)=NCCC[C@H](N)C(=O)O.NCC(=O)O.NCC(=O)O.NCC(=O)O.NCC(=O)O.N[C@@H](CC(=O)O)C(=O)O.O=C(O)[C@@H]1CCCN1.O=C(O)[C@@H]1CCCN1.O=C(O)[C@@H]1CCCN1. The van der Waals surface area contributed by atoms with E-state index in [1.165, 1.54) is 13.8 Å². The Balaban J connectivity index is -0.000000111. The van der Waals surface area contributed by atoms with E-state index in [1.807, 2.05) is 13.8 Å². The van der Waals surface area contributed by atoms with E-state index in [1.54, 1.807) is 0 Å². The number of aliphatic imine (C=N–C) groups is 2. The van der Waals surface area contributed by atoms with Crippen LogP contribution in [0.25, 0.3) is 0 Å². The molecule has 3 heterocycles. The summed E-state index contributed by atoms with van der Waals surface area (Å²) < 4.78 is 0. The van der Waals surface area contributed by atoms with E-state index in [9.17, 15) is 67.1 Å². The normalized spacial score (nSPS) is 16.0. The Kier molecular flexibility index (Phi) is 82.6. The molecule has 3 aliphatic rings. The van der Waals surface area contributed by atoms with Crippen molar-refractivity contribution in [2.75, 3.05) is 58.9 Å². The number of nitrogens with two attached hydrogens (primary N) is 14. The number of carboxylic acid groups (broad SMARTS) is 14. The molecule has 0 aliphatic carbocycles. The minimum Gasteiger partial charge on any atom is -0.481 e. The van der Waals surface area contributed by atoms with E-state index < -0.39 is 132 Å². The average molecular weight is 1470 g/mol. The Morgan fingerprint density at radius 1 is 0.400 bits per heavy atom. The zero-order valence-corrected chi connectivity index (χ0v) is 56.1. The van der Waals surface area contributed by atoms with Gasteiger partial charge in [0, 0.05) is 13.1 Å². The van der Waals surface area contributed by atoms with Crippen molar-refractivity contribution in [2.45, 2.75) is 165 Å². The topological polar surface area (TPSA) is 968 Å². The van der Waals surface area contributed by atoms with Crippen LogP contribution in [-0.2, 0) is 67.1 Å². The van der Waals surface area contributed by atoms with Gasteiger partial charge in [-0.15, -0.1) is 0 Å². The first-order chi connectivity index (χ1) is 45.9. The standard InChI is InChI=1S/2C6H14N4O2.C6H13NO2.3C5H9NO2.C4H7NO4.C4H9NO3.C3H7NO2.4C2H5NO2/c2*7-4(5(11)12)2-1-3-10-6(8)9;1-3-4(2)5(7)6(8)9;3*7-5(8)4-2-1-3-6-4;5-2(4(8)9)1-3(6)7;1-2(6)3(5)4(7)8;1-2(4)3(5)6;4*3-1-2(4)5/h2*4H,1-3,7H2,(H,11,12)(H4,8,9,10);4-5H,3,7H2,1-2H3,(H,8,9);3*4,6H,1-3H2,(H,7,8);2H,1,5H2,(H,6,7)(H,8,9);2-3,6H,5H2,1H3,(H,7,8);2H,4H2,1H3,(H,5,6);4*1,3H2,(H,4,5)/t2*4-;4-,5-;3*4-;2-;2-,3+;2-;;;;/m000000010..../s1. The Hall–Kier alpha value is -9.44. The second-order valence-electron chi connectivity index (χ2n) is 19.7. The van der Waals surface area contributed by atoms with Crippen molar-refractivity contribution in [3.8, 4) is 0 Å². The molecule has 0 spiro atoms. The van der Waals surface area contributed by atoms with Gasteiger partial charge in [0.05, 0.1) is 38.7 Å². The van der Waals surface area contributed by atoms with Gasteiger partial charge >= 0.3 is 83.6 Å². The minimum absolute atomic E-state index is 0.0129. The number of nitrogens with one attached hydrogen (secondary N) is 3. The van der Waals surface area contributed by atoms with Gasteiger partial charge in [-0.3, -0.25) is 77.1 Å². The summed E-state index contributed by atoms with van der Waals surface area (Å²) in [6, 6.07) is -6.32. The maximum absolute atomic E-state index is 10.2. The first-order valence-corrected chi connectivity index (χ1v) is 29.4. The molecule has 0 amide bonds. The highest BCUT2D eigenvalue weighted by Crippen LogP contribution is 2.06. The Morgan fingerprint density at radius 3 is 0.730 bits per heavy atom. The molecule has 3 fully saturated rings. The molecule has 0 saturated carbocycles. The minimum atomic E-state index is -1.29. The van der Waals surface area contributed by atoms with Crippen molar-refractivity contribution in [3.63, 3.8) is 0 Å². The monoisotopic (exact) mass is 1470 g/mol. The number of nitrogens with zero attached hydrogens (tertiary/aromatic N) is 2. The van der Waals surface area contributed by atoms with Gasteiger partial charge in [0.15, 0.2) is 11.9 Å². The molecule has 3 rings (SSSR count). The molecule has 11 atom stereocenters. The molecular formula is C52H111N19O29. The molecule has 588 valence electrons. The molecule has 48 nitrogen and oxygen atoms in total. The van der Waals surface area contributed by atoms with Crippen molar-refractivity contribution in [3.05, 3.63) is 0 Å². The molecular weight excluding hydrogens is 1350 g/mol. The van der Waals surface area contributed by atoms with Crippen molar-refractivity contribution in [2.24, 2.45) is 96.2 Å². The Labute approximate surface area is 574 Å². The van der Waals surface area contributed by atoms with Crippen molar-refractivity contribution < 1.29 is 144 Å². The maximum Gasteiger partial charge on any atom is 0.323 e. The van der Waals surface area contributed by atoms with E-state index in [4.69, 9.17) is 134 Å². The number of aliphatic carboxylic acids is 14. The molecule has 0 aromatic carbocycles.